The van der Waals surface area contributed by atoms with E-state index in [1.165, 1.54) is 6.07 Å². The molecule has 52 valence electrons. The highest BCUT2D eigenvalue weighted by Gasteiger charge is 1.57. The van der Waals surface area contributed by atoms with Crippen LogP contribution in [-0.4, -0.2) is 11.7 Å². The molecule has 0 spiro atoms. The molecule has 0 heterocycles. The molecular formula is C8H9NO. The van der Waals surface area contributed by atoms with Crippen molar-refractivity contribution in [1.82, 2.24) is 0 Å². The van der Waals surface area contributed by atoms with Crippen molar-refractivity contribution in [2.24, 2.45) is 0 Å². The fourth-order valence-electron chi connectivity index (χ4n) is 0.385. The van der Waals surface area contributed by atoms with Crippen LogP contribution in [0.1, 0.15) is 0 Å². The number of aliphatic hydroxyl groups excluding tert-OH is 1. The summed E-state index contributed by atoms with van der Waals surface area (Å²) >= 11 is 0. The van der Waals surface area contributed by atoms with Gasteiger partial charge < -0.3 is 5.11 Å². The van der Waals surface area contributed by atoms with Crippen molar-refractivity contribution in [2.75, 3.05) is 6.61 Å². The van der Waals surface area contributed by atoms with Crippen molar-refractivity contribution in [3.05, 3.63) is 36.4 Å². The number of hydrogen-bond donors (Lipinski definition) is 1. The molecule has 0 aliphatic rings. The van der Waals surface area contributed by atoms with Crippen molar-refractivity contribution in [2.45, 2.75) is 0 Å². The van der Waals surface area contributed by atoms with Gasteiger partial charge in [-0.05, 0) is 0 Å². The van der Waals surface area contributed by atoms with Crippen molar-refractivity contribution in [3.8, 4) is 6.07 Å². The molecule has 0 saturated heterocycles. The smallest absolute Gasteiger partial charge is 0.130 e. The molecule has 1 aromatic rings. The van der Waals surface area contributed by atoms with Crippen LogP contribution in [0.5, 0.6) is 0 Å². The SMILES string of the molecule is N#CCO.c1ccccc1. The van der Waals surface area contributed by atoms with E-state index in [0.29, 0.717) is 0 Å². The van der Waals surface area contributed by atoms with Gasteiger partial charge in [-0.1, -0.05) is 36.4 Å². The van der Waals surface area contributed by atoms with Gasteiger partial charge in [0.2, 0.25) is 0 Å². The summed E-state index contributed by atoms with van der Waals surface area (Å²) in [7, 11) is 0. The van der Waals surface area contributed by atoms with Gasteiger partial charge in [0.25, 0.3) is 0 Å². The van der Waals surface area contributed by atoms with Crippen LogP contribution < -0.4 is 0 Å². The van der Waals surface area contributed by atoms with E-state index in [4.69, 9.17) is 10.4 Å². The molecule has 0 fully saturated rings. The zero-order valence-corrected chi connectivity index (χ0v) is 5.57. The quantitative estimate of drug-likeness (QED) is 0.543. The Morgan fingerprint density at radius 1 is 1.00 bits per heavy atom. The lowest BCUT2D eigenvalue weighted by Crippen LogP contribution is -1.64. The van der Waals surface area contributed by atoms with Gasteiger partial charge in [-0.15, -0.1) is 0 Å². The molecule has 0 amide bonds. The predicted octanol–water partition coefficient (Wildman–Crippen LogP) is 1.19. The molecule has 2 nitrogen and oxygen atoms in total. The van der Waals surface area contributed by atoms with Gasteiger partial charge in [-0.25, -0.2) is 0 Å². The molecule has 1 aromatic carbocycles. The maximum absolute atomic E-state index is 7.51. The van der Waals surface area contributed by atoms with Crippen LogP contribution in [0.25, 0.3) is 0 Å². The Morgan fingerprint density at radius 2 is 1.20 bits per heavy atom. The second-order valence-electron chi connectivity index (χ2n) is 1.47. The van der Waals surface area contributed by atoms with E-state index < -0.39 is 0 Å². The monoisotopic (exact) mass is 135 g/mol. The van der Waals surface area contributed by atoms with E-state index in [9.17, 15) is 0 Å². The normalized spacial score (nSPS) is 6.80. The van der Waals surface area contributed by atoms with Gasteiger partial charge in [0.15, 0.2) is 0 Å². The van der Waals surface area contributed by atoms with E-state index >= 15 is 0 Å². The van der Waals surface area contributed by atoms with Gasteiger partial charge >= 0.3 is 0 Å². The van der Waals surface area contributed by atoms with E-state index in [2.05, 4.69) is 0 Å². The lowest BCUT2D eigenvalue weighted by molar-refractivity contribution is 0.348. The van der Waals surface area contributed by atoms with Crippen molar-refractivity contribution in [1.29, 1.82) is 5.26 Å². The first-order valence-corrected chi connectivity index (χ1v) is 2.89. The Balaban J connectivity index is 0.000000180. The summed E-state index contributed by atoms with van der Waals surface area (Å²) in [6.45, 7) is -0.375. The summed E-state index contributed by atoms with van der Waals surface area (Å²) in [5, 5.41) is 14.9. The lowest BCUT2D eigenvalue weighted by Gasteiger charge is -1.69. The molecule has 0 bridgehead atoms. The second-order valence-corrected chi connectivity index (χ2v) is 1.47. The first kappa shape index (κ1) is 8.67. The van der Waals surface area contributed by atoms with Crippen LogP contribution in [0.4, 0.5) is 0 Å². The molecule has 0 saturated carbocycles. The summed E-state index contributed by atoms with van der Waals surface area (Å²) < 4.78 is 0. The lowest BCUT2D eigenvalue weighted by atomic mass is 10.4. The molecule has 2 heteroatoms. The molecule has 0 unspecified atom stereocenters. The maximum atomic E-state index is 7.51. The number of nitriles is 1. The fourth-order valence-corrected chi connectivity index (χ4v) is 0.385. The number of aliphatic hydroxyl groups is 1. The minimum absolute atomic E-state index is 0.375. The van der Waals surface area contributed by atoms with Gasteiger partial charge in [0.1, 0.15) is 6.61 Å². The summed E-state index contributed by atoms with van der Waals surface area (Å²) in [6.07, 6.45) is 0. The molecule has 1 N–H and O–H groups in total. The van der Waals surface area contributed by atoms with E-state index in [-0.39, 0.29) is 6.61 Å². The highest BCUT2D eigenvalue weighted by atomic mass is 16.2. The molecule has 10 heavy (non-hydrogen) atoms. The second kappa shape index (κ2) is 7.67. The molecule has 0 aliphatic heterocycles. The maximum Gasteiger partial charge on any atom is 0.130 e. The Labute approximate surface area is 60.4 Å². The average Bonchev–Trinajstić information content (AvgIpc) is 2.08. The molecule has 0 aromatic heterocycles. The summed E-state index contributed by atoms with van der Waals surface area (Å²) in [5.41, 5.74) is 0. The minimum atomic E-state index is -0.375. The van der Waals surface area contributed by atoms with Gasteiger partial charge in [0, 0.05) is 0 Å². The zero-order chi connectivity index (χ0) is 7.66. The Bertz CT molecular complexity index is 151. The van der Waals surface area contributed by atoms with Crippen LogP contribution in [0.3, 0.4) is 0 Å². The Kier molecular flexibility index (Phi) is 6.65. The van der Waals surface area contributed by atoms with E-state index in [0.717, 1.165) is 0 Å². The largest absolute Gasteiger partial charge is 0.381 e. The van der Waals surface area contributed by atoms with Crippen molar-refractivity contribution >= 4 is 0 Å². The highest BCUT2D eigenvalue weighted by molar-refractivity contribution is 4.99. The first-order valence-electron chi connectivity index (χ1n) is 2.89. The third-order valence-electron chi connectivity index (χ3n) is 0.737. The molecule has 0 radical (unpaired) electrons. The van der Waals surface area contributed by atoms with Gasteiger partial charge in [-0.3, -0.25) is 0 Å². The number of rotatable bonds is 0. The highest BCUT2D eigenvalue weighted by Crippen LogP contribution is 1.79. The van der Waals surface area contributed by atoms with Crippen molar-refractivity contribution < 1.29 is 5.11 Å². The summed E-state index contributed by atoms with van der Waals surface area (Å²) in [6, 6.07) is 13.5. The van der Waals surface area contributed by atoms with Gasteiger partial charge in [0.05, 0.1) is 6.07 Å². The van der Waals surface area contributed by atoms with E-state index in [1.807, 2.05) is 36.4 Å². The Hall–Kier alpha value is -1.33. The third-order valence-corrected chi connectivity index (χ3v) is 0.737. The standard InChI is InChI=1S/C6H6.C2H3NO/c1-2-4-6-5-3-1;3-1-2-4/h1-6H;4H,2H2. The third kappa shape index (κ3) is 6.67. The van der Waals surface area contributed by atoms with Gasteiger partial charge in [-0.2, -0.15) is 5.26 Å². The predicted molar refractivity (Wildman–Crippen MR) is 39.1 cm³/mol. The van der Waals surface area contributed by atoms with Crippen molar-refractivity contribution in [3.63, 3.8) is 0 Å². The average molecular weight is 135 g/mol. The number of nitrogens with zero attached hydrogens (tertiary/aromatic N) is 1. The molecule has 0 atom stereocenters. The fraction of sp³-hybridized carbons (Fsp3) is 0.125. The van der Waals surface area contributed by atoms with Crippen LogP contribution in [-0.2, 0) is 0 Å². The topological polar surface area (TPSA) is 44.0 Å². The molecule has 1 rings (SSSR count). The van der Waals surface area contributed by atoms with Crippen LogP contribution in [0.15, 0.2) is 36.4 Å². The van der Waals surface area contributed by atoms with E-state index in [1.54, 1.807) is 0 Å². The molecule has 0 aliphatic carbocycles. The first-order chi connectivity index (χ1) is 4.91. The van der Waals surface area contributed by atoms with Crippen LogP contribution in [0.2, 0.25) is 0 Å². The zero-order valence-electron chi connectivity index (χ0n) is 5.57. The molecular weight excluding hydrogens is 126 g/mol. The minimum Gasteiger partial charge on any atom is -0.381 e. The van der Waals surface area contributed by atoms with Crippen LogP contribution >= 0.6 is 0 Å². The Morgan fingerprint density at radius 3 is 1.30 bits per heavy atom. The van der Waals surface area contributed by atoms with Crippen LogP contribution in [0, 0.1) is 11.3 Å². The summed E-state index contributed by atoms with van der Waals surface area (Å²) in [4.78, 5) is 0. The number of benzene rings is 1. The number of hydrogen-bond acceptors (Lipinski definition) is 2. The summed E-state index contributed by atoms with van der Waals surface area (Å²) in [5.74, 6) is 0.